The lowest BCUT2D eigenvalue weighted by Gasteiger charge is -2.35. The third-order valence-corrected chi connectivity index (χ3v) is 4.23. The Morgan fingerprint density at radius 3 is 2.67 bits per heavy atom. The molecule has 0 aromatic heterocycles. The molecule has 2 unspecified atom stereocenters. The van der Waals surface area contributed by atoms with Gasteiger partial charge in [0.25, 0.3) is 0 Å². The molecule has 1 aromatic rings. The first-order valence-corrected chi connectivity index (χ1v) is 7.60. The summed E-state index contributed by atoms with van der Waals surface area (Å²) in [4.78, 5) is 4.62. The van der Waals surface area contributed by atoms with Crippen LogP contribution in [0.5, 0.6) is 0 Å². The summed E-state index contributed by atoms with van der Waals surface area (Å²) in [5.74, 6) is -1.57. The van der Waals surface area contributed by atoms with Gasteiger partial charge in [-0.1, -0.05) is 13.0 Å². The molecule has 1 aromatic carbocycles. The molecule has 1 heterocycles. The third kappa shape index (κ3) is 3.99. The van der Waals surface area contributed by atoms with E-state index in [1.54, 1.807) is 6.07 Å². The van der Waals surface area contributed by atoms with E-state index in [1.807, 2.05) is 6.92 Å². The van der Waals surface area contributed by atoms with Gasteiger partial charge in [-0.3, -0.25) is 0 Å². The number of hydrogen-bond donors (Lipinski definition) is 1. The summed E-state index contributed by atoms with van der Waals surface area (Å²) in [6.45, 7) is 5.82. The van der Waals surface area contributed by atoms with Gasteiger partial charge in [-0.2, -0.15) is 0 Å². The monoisotopic (exact) mass is 297 g/mol. The van der Waals surface area contributed by atoms with E-state index >= 15 is 0 Å². The molecule has 0 spiro atoms. The van der Waals surface area contributed by atoms with Crippen molar-refractivity contribution >= 4 is 0 Å². The summed E-state index contributed by atoms with van der Waals surface area (Å²) in [6, 6.07) is 4.46. The summed E-state index contributed by atoms with van der Waals surface area (Å²) in [7, 11) is 4.22. The molecule has 1 aliphatic heterocycles. The largest absolute Gasteiger partial charge is 0.309 e. The smallest absolute Gasteiger partial charge is 0.159 e. The molecule has 0 saturated carbocycles. The summed E-state index contributed by atoms with van der Waals surface area (Å²) >= 11 is 0. The van der Waals surface area contributed by atoms with Gasteiger partial charge >= 0.3 is 0 Å². The van der Waals surface area contributed by atoms with E-state index in [0.29, 0.717) is 0 Å². The van der Waals surface area contributed by atoms with Crippen molar-refractivity contribution < 1.29 is 8.78 Å². The molecule has 0 aliphatic carbocycles. The first kappa shape index (κ1) is 16.3. The van der Waals surface area contributed by atoms with Gasteiger partial charge in [-0.05, 0) is 57.8 Å². The van der Waals surface area contributed by atoms with Crippen molar-refractivity contribution in [2.24, 2.45) is 0 Å². The second kappa shape index (κ2) is 7.29. The minimum Gasteiger partial charge on any atom is -0.309 e. The van der Waals surface area contributed by atoms with E-state index in [0.717, 1.165) is 38.2 Å². The standard InChI is InChI=1S/C16H25F2N3/c1-4-19-16(12-6-7-13(17)14(18)10-12)15-11-20(2)8-5-9-21(15)3/h6-7,10,15-16,19H,4-5,8-9,11H2,1-3H3. The molecule has 2 atom stereocenters. The lowest BCUT2D eigenvalue weighted by Crippen LogP contribution is -2.47. The van der Waals surface area contributed by atoms with Crippen molar-refractivity contribution in [3.8, 4) is 0 Å². The Kier molecular flexibility index (Phi) is 5.67. The highest BCUT2D eigenvalue weighted by Gasteiger charge is 2.29. The van der Waals surface area contributed by atoms with Crippen LogP contribution in [0.3, 0.4) is 0 Å². The van der Waals surface area contributed by atoms with E-state index in [4.69, 9.17) is 0 Å². The lowest BCUT2D eigenvalue weighted by molar-refractivity contribution is 0.179. The molecule has 0 radical (unpaired) electrons. The zero-order valence-electron chi connectivity index (χ0n) is 13.1. The molecule has 1 fully saturated rings. The Balaban J connectivity index is 2.29. The quantitative estimate of drug-likeness (QED) is 0.919. The highest BCUT2D eigenvalue weighted by atomic mass is 19.2. The fourth-order valence-electron chi connectivity index (χ4n) is 3.07. The van der Waals surface area contributed by atoms with E-state index in [9.17, 15) is 8.78 Å². The van der Waals surface area contributed by atoms with Crippen molar-refractivity contribution in [3.63, 3.8) is 0 Å². The summed E-state index contributed by atoms with van der Waals surface area (Å²) in [6.07, 6.45) is 1.13. The molecule has 1 aliphatic rings. The number of nitrogens with one attached hydrogen (secondary N) is 1. The number of benzene rings is 1. The molecule has 1 saturated heterocycles. The zero-order chi connectivity index (χ0) is 15.4. The minimum absolute atomic E-state index is 0.00403. The number of likely N-dealkylation sites (N-methyl/N-ethyl adjacent to an activating group) is 3. The van der Waals surface area contributed by atoms with Crippen molar-refractivity contribution in [2.45, 2.75) is 25.4 Å². The maximum absolute atomic E-state index is 13.6. The molecule has 1 N–H and O–H groups in total. The Morgan fingerprint density at radius 2 is 2.00 bits per heavy atom. The zero-order valence-corrected chi connectivity index (χ0v) is 13.1. The average Bonchev–Trinajstić information content (AvgIpc) is 2.61. The van der Waals surface area contributed by atoms with E-state index in [1.165, 1.54) is 12.1 Å². The molecule has 2 rings (SSSR count). The Morgan fingerprint density at radius 1 is 1.24 bits per heavy atom. The first-order valence-electron chi connectivity index (χ1n) is 7.60. The van der Waals surface area contributed by atoms with Gasteiger partial charge in [0, 0.05) is 18.6 Å². The van der Waals surface area contributed by atoms with Crippen LogP contribution in [0.1, 0.15) is 24.9 Å². The maximum atomic E-state index is 13.6. The number of rotatable bonds is 4. The fraction of sp³-hybridized carbons (Fsp3) is 0.625. The highest BCUT2D eigenvalue weighted by Crippen LogP contribution is 2.24. The van der Waals surface area contributed by atoms with Crippen LogP contribution in [0.15, 0.2) is 18.2 Å². The van der Waals surface area contributed by atoms with Gasteiger partial charge < -0.3 is 15.1 Å². The fourth-order valence-corrected chi connectivity index (χ4v) is 3.07. The van der Waals surface area contributed by atoms with Gasteiger partial charge in [-0.15, -0.1) is 0 Å². The number of nitrogens with zero attached hydrogens (tertiary/aromatic N) is 2. The van der Waals surface area contributed by atoms with Gasteiger partial charge in [0.15, 0.2) is 11.6 Å². The van der Waals surface area contributed by atoms with Crippen molar-refractivity contribution in [2.75, 3.05) is 40.3 Å². The van der Waals surface area contributed by atoms with Crippen LogP contribution in [0, 0.1) is 11.6 Å². The Labute approximate surface area is 125 Å². The second-order valence-electron chi connectivity index (χ2n) is 5.87. The van der Waals surface area contributed by atoms with Gasteiger partial charge in [0.1, 0.15) is 0 Å². The molecule has 21 heavy (non-hydrogen) atoms. The third-order valence-electron chi connectivity index (χ3n) is 4.23. The van der Waals surface area contributed by atoms with Crippen molar-refractivity contribution in [1.82, 2.24) is 15.1 Å². The molecular formula is C16H25F2N3. The maximum Gasteiger partial charge on any atom is 0.159 e. The van der Waals surface area contributed by atoms with Crippen LogP contribution in [-0.4, -0.2) is 56.1 Å². The first-order chi connectivity index (χ1) is 10.0. The van der Waals surface area contributed by atoms with Crippen LogP contribution in [0.25, 0.3) is 0 Å². The van der Waals surface area contributed by atoms with Crippen LogP contribution in [0.2, 0.25) is 0 Å². The van der Waals surface area contributed by atoms with Gasteiger partial charge in [0.2, 0.25) is 0 Å². The predicted octanol–water partition coefficient (Wildman–Crippen LogP) is 2.25. The van der Waals surface area contributed by atoms with Crippen molar-refractivity contribution in [1.29, 1.82) is 0 Å². The molecular weight excluding hydrogens is 272 g/mol. The van der Waals surface area contributed by atoms with Crippen LogP contribution in [-0.2, 0) is 0 Å². The van der Waals surface area contributed by atoms with Gasteiger partial charge in [0.05, 0.1) is 0 Å². The number of hydrogen-bond acceptors (Lipinski definition) is 3. The Hall–Kier alpha value is -1.04. The minimum atomic E-state index is -0.791. The molecule has 0 bridgehead atoms. The SMILES string of the molecule is CCNC(c1ccc(F)c(F)c1)C1CN(C)CCCN1C. The second-order valence-corrected chi connectivity index (χ2v) is 5.87. The van der Waals surface area contributed by atoms with Crippen molar-refractivity contribution in [3.05, 3.63) is 35.4 Å². The molecule has 5 heteroatoms. The van der Waals surface area contributed by atoms with Crippen LogP contribution < -0.4 is 5.32 Å². The van der Waals surface area contributed by atoms with Gasteiger partial charge in [-0.25, -0.2) is 8.78 Å². The summed E-state index contributed by atoms with van der Waals surface area (Å²) in [5, 5.41) is 3.44. The highest BCUT2D eigenvalue weighted by molar-refractivity contribution is 5.23. The topological polar surface area (TPSA) is 18.5 Å². The Bertz CT molecular complexity index is 467. The molecule has 3 nitrogen and oxygen atoms in total. The van der Waals surface area contributed by atoms with E-state index < -0.39 is 11.6 Å². The summed E-state index contributed by atoms with van der Waals surface area (Å²) in [5.41, 5.74) is 0.808. The normalized spacial score (nSPS) is 23.0. The molecule has 118 valence electrons. The van der Waals surface area contributed by atoms with E-state index in [2.05, 4.69) is 29.2 Å². The molecule has 0 amide bonds. The number of halogens is 2. The lowest BCUT2D eigenvalue weighted by atomic mass is 9.97. The van der Waals surface area contributed by atoms with E-state index in [-0.39, 0.29) is 12.1 Å². The predicted molar refractivity (Wildman–Crippen MR) is 81.3 cm³/mol. The average molecular weight is 297 g/mol. The van der Waals surface area contributed by atoms with Crippen LogP contribution in [0.4, 0.5) is 8.78 Å². The summed E-state index contributed by atoms with van der Waals surface area (Å²) < 4.78 is 26.8. The van der Waals surface area contributed by atoms with Crippen LogP contribution >= 0.6 is 0 Å².